The van der Waals surface area contributed by atoms with Crippen LogP contribution in [0.25, 0.3) is 10.9 Å². The molecule has 2 heterocycles. The van der Waals surface area contributed by atoms with Gasteiger partial charge in [-0.05, 0) is 42.5 Å². The lowest BCUT2D eigenvalue weighted by atomic mass is 10.1. The number of rotatable bonds is 4. The van der Waals surface area contributed by atoms with Crippen LogP contribution in [-0.4, -0.2) is 25.8 Å². The second-order valence-corrected chi connectivity index (χ2v) is 6.29. The molecule has 1 fully saturated rings. The zero-order valence-electron chi connectivity index (χ0n) is 12.2. The number of aromatic carboxylic acids is 1. The number of fused-ring (bicyclic) bond motifs is 1. The number of carboxylic acid groups (broad SMARTS) is 1. The van der Waals surface area contributed by atoms with Gasteiger partial charge in [0.25, 0.3) is 0 Å². The molecule has 3 aromatic rings. The molecule has 5 nitrogen and oxygen atoms in total. The van der Waals surface area contributed by atoms with E-state index in [1.54, 1.807) is 16.9 Å². The van der Waals surface area contributed by atoms with Crippen molar-refractivity contribution in [3.8, 4) is 0 Å². The van der Waals surface area contributed by atoms with Gasteiger partial charge in [-0.1, -0.05) is 17.7 Å². The highest BCUT2D eigenvalue weighted by molar-refractivity contribution is 6.32. The SMILES string of the molecule is O=C(O)c1cc(Cl)cc2cnn(Cc3ccc(C4CC4)cn3)c12. The number of carbonyl (C=O) groups is 1. The first-order valence-electron chi connectivity index (χ1n) is 7.45. The number of carboxylic acids is 1. The van der Waals surface area contributed by atoms with Crippen LogP contribution in [0.5, 0.6) is 0 Å². The molecule has 0 amide bonds. The lowest BCUT2D eigenvalue weighted by molar-refractivity contribution is 0.0698. The molecular weight excluding hydrogens is 314 g/mol. The summed E-state index contributed by atoms with van der Waals surface area (Å²) in [7, 11) is 0. The highest BCUT2D eigenvalue weighted by atomic mass is 35.5. The fourth-order valence-electron chi connectivity index (χ4n) is 2.82. The van der Waals surface area contributed by atoms with Crippen LogP contribution in [0.3, 0.4) is 0 Å². The van der Waals surface area contributed by atoms with Gasteiger partial charge >= 0.3 is 5.97 Å². The van der Waals surface area contributed by atoms with E-state index in [1.165, 1.54) is 24.5 Å². The van der Waals surface area contributed by atoms with Gasteiger partial charge in [0, 0.05) is 16.6 Å². The Kier molecular flexibility index (Phi) is 3.31. The number of pyridine rings is 1. The lowest BCUT2D eigenvalue weighted by Crippen LogP contribution is -2.07. The van der Waals surface area contributed by atoms with E-state index in [0.29, 0.717) is 28.4 Å². The number of nitrogens with zero attached hydrogens (tertiary/aromatic N) is 3. The predicted octanol–water partition coefficient (Wildman–Crippen LogP) is 3.71. The summed E-state index contributed by atoms with van der Waals surface area (Å²) in [5, 5.41) is 14.8. The maximum absolute atomic E-state index is 11.5. The summed E-state index contributed by atoms with van der Waals surface area (Å²) in [6.45, 7) is 0.427. The summed E-state index contributed by atoms with van der Waals surface area (Å²) in [4.78, 5) is 16.0. The van der Waals surface area contributed by atoms with Crippen LogP contribution in [0.15, 0.2) is 36.7 Å². The molecule has 2 aromatic heterocycles. The molecule has 0 unspecified atom stereocenters. The van der Waals surface area contributed by atoms with E-state index in [2.05, 4.69) is 16.1 Å². The minimum atomic E-state index is -1.02. The van der Waals surface area contributed by atoms with Crippen LogP contribution < -0.4 is 0 Å². The Morgan fingerprint density at radius 1 is 1.30 bits per heavy atom. The van der Waals surface area contributed by atoms with Gasteiger partial charge < -0.3 is 5.11 Å². The van der Waals surface area contributed by atoms with E-state index < -0.39 is 5.97 Å². The van der Waals surface area contributed by atoms with E-state index >= 15 is 0 Å². The van der Waals surface area contributed by atoms with Crippen molar-refractivity contribution in [1.82, 2.24) is 14.8 Å². The van der Waals surface area contributed by atoms with Crippen LogP contribution >= 0.6 is 11.6 Å². The molecule has 4 rings (SSSR count). The Balaban J connectivity index is 1.72. The second kappa shape index (κ2) is 5.35. The Hall–Kier alpha value is -2.40. The highest BCUT2D eigenvalue weighted by Gasteiger charge is 2.23. The molecule has 6 heteroatoms. The molecule has 0 radical (unpaired) electrons. The first kappa shape index (κ1) is 14.2. The average Bonchev–Trinajstić information content (AvgIpc) is 3.30. The summed E-state index contributed by atoms with van der Waals surface area (Å²) in [6, 6.07) is 7.25. The lowest BCUT2D eigenvalue weighted by Gasteiger charge is -2.07. The molecule has 1 saturated carbocycles. The molecule has 0 aliphatic heterocycles. The number of hydrogen-bond acceptors (Lipinski definition) is 3. The van der Waals surface area contributed by atoms with Crippen LogP contribution in [0.2, 0.25) is 5.02 Å². The summed E-state index contributed by atoms with van der Waals surface area (Å²) in [5.74, 6) is -0.348. The predicted molar refractivity (Wildman–Crippen MR) is 87.0 cm³/mol. The van der Waals surface area contributed by atoms with E-state index in [9.17, 15) is 9.90 Å². The van der Waals surface area contributed by atoms with Gasteiger partial charge in [0.15, 0.2) is 0 Å². The topological polar surface area (TPSA) is 68.0 Å². The molecule has 1 aromatic carbocycles. The minimum Gasteiger partial charge on any atom is -0.478 e. The zero-order valence-corrected chi connectivity index (χ0v) is 13.0. The van der Waals surface area contributed by atoms with Crippen LogP contribution in [0.4, 0.5) is 0 Å². The zero-order chi connectivity index (χ0) is 16.0. The van der Waals surface area contributed by atoms with E-state index in [-0.39, 0.29) is 5.56 Å². The number of aromatic nitrogens is 3. The Labute approximate surface area is 137 Å². The van der Waals surface area contributed by atoms with Crippen molar-refractivity contribution >= 4 is 28.5 Å². The number of hydrogen-bond donors (Lipinski definition) is 1. The second-order valence-electron chi connectivity index (χ2n) is 5.86. The van der Waals surface area contributed by atoms with Gasteiger partial charge in [-0.3, -0.25) is 9.67 Å². The third-order valence-corrected chi connectivity index (χ3v) is 4.36. The molecule has 1 aliphatic carbocycles. The van der Waals surface area contributed by atoms with Crippen LogP contribution in [0.1, 0.15) is 40.4 Å². The number of halogens is 1. The molecule has 1 aliphatic rings. The molecule has 0 saturated heterocycles. The van der Waals surface area contributed by atoms with Crippen molar-refractivity contribution in [1.29, 1.82) is 0 Å². The fourth-order valence-corrected chi connectivity index (χ4v) is 3.05. The maximum atomic E-state index is 11.5. The fraction of sp³-hybridized carbons (Fsp3) is 0.235. The van der Waals surface area contributed by atoms with Crippen molar-refractivity contribution in [3.05, 3.63) is 58.5 Å². The molecule has 0 spiro atoms. The molecule has 1 N–H and O–H groups in total. The monoisotopic (exact) mass is 327 g/mol. The molecular formula is C17H14ClN3O2. The van der Waals surface area contributed by atoms with Crippen molar-refractivity contribution in [2.75, 3.05) is 0 Å². The van der Waals surface area contributed by atoms with E-state index in [1.807, 2.05) is 12.3 Å². The molecule has 0 bridgehead atoms. The number of benzene rings is 1. The third-order valence-electron chi connectivity index (χ3n) is 4.14. The first-order valence-corrected chi connectivity index (χ1v) is 7.83. The van der Waals surface area contributed by atoms with Crippen LogP contribution in [-0.2, 0) is 6.54 Å². The Bertz CT molecular complexity index is 898. The summed E-state index contributed by atoms with van der Waals surface area (Å²) in [5.41, 5.74) is 2.84. The minimum absolute atomic E-state index is 0.152. The smallest absolute Gasteiger partial charge is 0.337 e. The summed E-state index contributed by atoms with van der Waals surface area (Å²) in [6.07, 6.45) is 6.03. The van der Waals surface area contributed by atoms with E-state index in [0.717, 1.165) is 5.69 Å². The highest BCUT2D eigenvalue weighted by Crippen LogP contribution is 2.39. The van der Waals surface area contributed by atoms with Gasteiger partial charge in [-0.25, -0.2) is 4.79 Å². The summed E-state index contributed by atoms with van der Waals surface area (Å²) < 4.78 is 1.66. The van der Waals surface area contributed by atoms with Crippen molar-refractivity contribution in [3.63, 3.8) is 0 Å². The normalized spacial score (nSPS) is 14.3. The first-order chi connectivity index (χ1) is 11.1. The molecule has 116 valence electrons. The van der Waals surface area contributed by atoms with Gasteiger partial charge in [-0.2, -0.15) is 5.10 Å². The standard InChI is InChI=1S/C17H14ClN3O2/c18-13-5-12-8-20-21(16(12)15(6-13)17(22)23)9-14-4-3-11(7-19-14)10-1-2-10/h3-8,10H,1-2,9H2,(H,22,23). The largest absolute Gasteiger partial charge is 0.478 e. The van der Waals surface area contributed by atoms with E-state index in [4.69, 9.17) is 11.6 Å². The maximum Gasteiger partial charge on any atom is 0.337 e. The van der Waals surface area contributed by atoms with Crippen molar-refractivity contribution in [2.45, 2.75) is 25.3 Å². The Morgan fingerprint density at radius 3 is 2.78 bits per heavy atom. The average molecular weight is 328 g/mol. The van der Waals surface area contributed by atoms with Gasteiger partial charge in [0.05, 0.1) is 29.5 Å². The molecule has 23 heavy (non-hydrogen) atoms. The quantitative estimate of drug-likeness (QED) is 0.793. The third kappa shape index (κ3) is 2.68. The molecule has 0 atom stereocenters. The van der Waals surface area contributed by atoms with Crippen molar-refractivity contribution in [2.24, 2.45) is 0 Å². The summed E-state index contributed by atoms with van der Waals surface area (Å²) >= 11 is 5.98. The van der Waals surface area contributed by atoms with Crippen LogP contribution in [0, 0.1) is 0 Å². The van der Waals surface area contributed by atoms with Gasteiger partial charge in [0.2, 0.25) is 0 Å². The van der Waals surface area contributed by atoms with Crippen molar-refractivity contribution < 1.29 is 9.90 Å². The van der Waals surface area contributed by atoms with Gasteiger partial charge in [0.1, 0.15) is 0 Å². The Morgan fingerprint density at radius 2 is 2.13 bits per heavy atom. The van der Waals surface area contributed by atoms with Gasteiger partial charge in [-0.15, -0.1) is 0 Å².